The van der Waals surface area contributed by atoms with Gasteiger partial charge in [-0.1, -0.05) is 34.1 Å². The summed E-state index contributed by atoms with van der Waals surface area (Å²) in [4.78, 5) is 23.0. The molecule has 1 aliphatic rings. The highest BCUT2D eigenvalue weighted by Gasteiger charge is 2.32. The number of hydrogen-bond donors (Lipinski definition) is 3. The third kappa shape index (κ3) is 4.73. The fourth-order valence-corrected chi connectivity index (χ4v) is 2.61. The van der Waals surface area contributed by atoms with E-state index in [1.807, 2.05) is 13.8 Å². The van der Waals surface area contributed by atoms with Crippen molar-refractivity contribution in [1.29, 1.82) is 0 Å². The zero-order valence-corrected chi connectivity index (χ0v) is 12.3. The van der Waals surface area contributed by atoms with Crippen LogP contribution in [0.5, 0.6) is 0 Å². The number of amides is 2. The first-order valence-electron chi connectivity index (χ1n) is 7.05. The van der Waals surface area contributed by atoms with Crippen LogP contribution in [0.15, 0.2) is 0 Å². The van der Waals surface area contributed by atoms with E-state index in [-0.39, 0.29) is 23.4 Å². The van der Waals surface area contributed by atoms with Crippen molar-refractivity contribution in [1.82, 2.24) is 10.6 Å². The monoisotopic (exact) mass is 270 g/mol. The van der Waals surface area contributed by atoms with Crippen molar-refractivity contribution in [3.05, 3.63) is 0 Å². The Hall–Kier alpha value is -1.26. The molecule has 19 heavy (non-hydrogen) atoms. The molecule has 5 nitrogen and oxygen atoms in total. The molecule has 3 atom stereocenters. The van der Waals surface area contributed by atoms with Crippen LogP contribution in [0.3, 0.4) is 0 Å². The first-order chi connectivity index (χ1) is 8.75. The minimum absolute atomic E-state index is 0.0803. The summed E-state index contributed by atoms with van der Waals surface area (Å²) < 4.78 is 0. The van der Waals surface area contributed by atoms with Crippen LogP contribution in [0.4, 0.5) is 4.79 Å². The lowest BCUT2D eigenvalue weighted by Crippen LogP contribution is -2.51. The highest BCUT2D eigenvalue weighted by molar-refractivity contribution is 5.82. The van der Waals surface area contributed by atoms with Crippen molar-refractivity contribution in [3.63, 3.8) is 0 Å². The number of hydrogen-bond acceptors (Lipinski definition) is 2. The minimum atomic E-state index is -0.976. The van der Waals surface area contributed by atoms with Crippen molar-refractivity contribution in [2.75, 3.05) is 0 Å². The Labute approximate surface area is 115 Å². The summed E-state index contributed by atoms with van der Waals surface area (Å²) in [7, 11) is 0. The standard InChI is InChI=1S/C14H26N2O3/c1-5-9(2)11(12(17)18)16-13(19)15-10-6-7-14(3,4)8-10/h9-11H,5-8H2,1-4H3,(H,17,18)(H2,15,16,19). The molecule has 0 aliphatic heterocycles. The van der Waals surface area contributed by atoms with Crippen molar-refractivity contribution in [2.24, 2.45) is 11.3 Å². The first-order valence-corrected chi connectivity index (χ1v) is 7.05. The van der Waals surface area contributed by atoms with Gasteiger partial charge in [0.1, 0.15) is 6.04 Å². The van der Waals surface area contributed by atoms with Crippen LogP contribution in [-0.2, 0) is 4.79 Å². The Morgan fingerprint density at radius 2 is 2.05 bits per heavy atom. The van der Waals surface area contributed by atoms with Gasteiger partial charge in [0.15, 0.2) is 0 Å². The molecule has 1 rings (SSSR count). The van der Waals surface area contributed by atoms with E-state index in [1.54, 1.807) is 0 Å². The Balaban J connectivity index is 2.48. The topological polar surface area (TPSA) is 78.4 Å². The van der Waals surface area contributed by atoms with Crippen molar-refractivity contribution in [2.45, 2.75) is 65.5 Å². The summed E-state index contributed by atoms with van der Waals surface area (Å²) in [5.74, 6) is -1.06. The molecule has 3 unspecified atom stereocenters. The number of carboxylic acids is 1. The van der Waals surface area contributed by atoms with Crippen LogP contribution in [-0.4, -0.2) is 29.2 Å². The molecule has 5 heteroatoms. The third-order valence-corrected chi connectivity index (χ3v) is 4.07. The van der Waals surface area contributed by atoms with E-state index in [4.69, 9.17) is 5.11 Å². The number of nitrogens with one attached hydrogen (secondary N) is 2. The lowest BCUT2D eigenvalue weighted by atomic mass is 9.92. The molecule has 110 valence electrons. The van der Waals surface area contributed by atoms with Crippen molar-refractivity contribution >= 4 is 12.0 Å². The molecular weight excluding hydrogens is 244 g/mol. The molecule has 0 spiro atoms. The molecule has 1 aliphatic carbocycles. The summed E-state index contributed by atoms with van der Waals surface area (Å²) in [6, 6.07) is -1.03. The predicted octanol–water partition coefficient (Wildman–Crippen LogP) is 2.36. The molecule has 2 amide bonds. The van der Waals surface area contributed by atoms with Gasteiger partial charge in [-0.05, 0) is 30.6 Å². The second kappa shape index (κ2) is 6.26. The maximum Gasteiger partial charge on any atom is 0.326 e. The Morgan fingerprint density at radius 1 is 1.42 bits per heavy atom. The van der Waals surface area contributed by atoms with Crippen LogP contribution >= 0.6 is 0 Å². The van der Waals surface area contributed by atoms with Gasteiger partial charge < -0.3 is 15.7 Å². The van der Waals surface area contributed by atoms with Crippen molar-refractivity contribution in [3.8, 4) is 0 Å². The molecule has 0 radical (unpaired) electrons. The van der Waals surface area contributed by atoms with Crippen LogP contribution in [0, 0.1) is 11.3 Å². The molecule has 0 bridgehead atoms. The second-order valence-electron chi connectivity index (χ2n) is 6.42. The molecule has 0 saturated heterocycles. The Morgan fingerprint density at radius 3 is 2.47 bits per heavy atom. The molecular formula is C14H26N2O3. The van der Waals surface area contributed by atoms with Crippen LogP contribution in [0.1, 0.15) is 53.4 Å². The van der Waals surface area contributed by atoms with Gasteiger partial charge in [-0.3, -0.25) is 0 Å². The first kappa shape index (κ1) is 15.8. The van der Waals surface area contributed by atoms with Gasteiger partial charge in [-0.15, -0.1) is 0 Å². The van der Waals surface area contributed by atoms with E-state index < -0.39 is 12.0 Å². The lowest BCUT2D eigenvalue weighted by Gasteiger charge is -2.22. The Bertz CT molecular complexity index is 342. The zero-order chi connectivity index (χ0) is 14.6. The normalized spacial score (nSPS) is 24.5. The summed E-state index contributed by atoms with van der Waals surface area (Å²) in [5.41, 5.74) is 0.265. The maximum atomic E-state index is 11.9. The SMILES string of the molecule is CCC(C)C(NC(=O)NC1CCC(C)(C)C1)C(=O)O. The van der Waals surface area contributed by atoms with Crippen molar-refractivity contribution < 1.29 is 14.7 Å². The third-order valence-electron chi connectivity index (χ3n) is 4.07. The molecule has 0 heterocycles. The van der Waals surface area contributed by atoms with Gasteiger partial charge in [0.2, 0.25) is 0 Å². The smallest absolute Gasteiger partial charge is 0.326 e. The second-order valence-corrected chi connectivity index (χ2v) is 6.42. The number of rotatable bonds is 5. The van der Waals surface area contributed by atoms with E-state index in [0.29, 0.717) is 6.42 Å². The average molecular weight is 270 g/mol. The molecule has 3 N–H and O–H groups in total. The number of carbonyl (C=O) groups excluding carboxylic acids is 1. The van der Waals surface area contributed by atoms with Gasteiger partial charge in [-0.25, -0.2) is 9.59 Å². The maximum absolute atomic E-state index is 11.9. The largest absolute Gasteiger partial charge is 0.480 e. The summed E-state index contributed by atoms with van der Waals surface area (Å²) in [6.07, 6.45) is 3.71. The average Bonchev–Trinajstić information content (AvgIpc) is 2.64. The van der Waals surface area contributed by atoms with Crippen LogP contribution in [0.2, 0.25) is 0 Å². The fraction of sp³-hybridized carbons (Fsp3) is 0.857. The minimum Gasteiger partial charge on any atom is -0.480 e. The fourth-order valence-electron chi connectivity index (χ4n) is 2.61. The summed E-state index contributed by atoms with van der Waals surface area (Å²) in [6.45, 7) is 8.12. The predicted molar refractivity (Wildman–Crippen MR) is 74.0 cm³/mol. The highest BCUT2D eigenvalue weighted by atomic mass is 16.4. The number of carboxylic acid groups (broad SMARTS) is 1. The lowest BCUT2D eigenvalue weighted by molar-refractivity contribution is -0.140. The molecule has 0 aromatic heterocycles. The molecule has 0 aromatic carbocycles. The number of carbonyl (C=O) groups is 2. The molecule has 1 fully saturated rings. The van der Waals surface area contributed by atoms with E-state index >= 15 is 0 Å². The van der Waals surface area contributed by atoms with E-state index in [9.17, 15) is 9.59 Å². The highest BCUT2D eigenvalue weighted by Crippen LogP contribution is 2.36. The van der Waals surface area contributed by atoms with Gasteiger partial charge in [0.05, 0.1) is 0 Å². The number of urea groups is 1. The van der Waals surface area contributed by atoms with Gasteiger partial charge in [0.25, 0.3) is 0 Å². The van der Waals surface area contributed by atoms with Crippen LogP contribution < -0.4 is 10.6 Å². The summed E-state index contributed by atoms with van der Waals surface area (Å²) in [5, 5.41) is 14.6. The van der Waals surface area contributed by atoms with Gasteiger partial charge in [0, 0.05) is 6.04 Å². The van der Waals surface area contributed by atoms with E-state index in [1.165, 1.54) is 0 Å². The van der Waals surface area contributed by atoms with Gasteiger partial charge >= 0.3 is 12.0 Å². The Kier molecular flexibility index (Phi) is 5.20. The van der Waals surface area contributed by atoms with Crippen LogP contribution in [0.25, 0.3) is 0 Å². The van der Waals surface area contributed by atoms with Gasteiger partial charge in [-0.2, -0.15) is 0 Å². The molecule has 0 aromatic rings. The van der Waals surface area contributed by atoms with E-state index in [0.717, 1.165) is 19.3 Å². The number of aliphatic carboxylic acids is 1. The zero-order valence-electron chi connectivity index (χ0n) is 12.3. The van der Waals surface area contributed by atoms with E-state index in [2.05, 4.69) is 24.5 Å². The molecule has 1 saturated carbocycles. The summed E-state index contributed by atoms with van der Waals surface area (Å²) >= 11 is 0. The quantitative estimate of drug-likeness (QED) is 0.717.